The number of H-pyrrole nitrogens is 1. The van der Waals surface area contributed by atoms with Gasteiger partial charge in [-0.15, -0.1) is 0 Å². The molecule has 24 heteroatoms. The van der Waals surface area contributed by atoms with Crippen LogP contribution in [0.25, 0.3) is 11.2 Å². The number of aromatic amines is 1. The van der Waals surface area contributed by atoms with E-state index in [1.54, 1.807) is 19.9 Å². The van der Waals surface area contributed by atoms with Gasteiger partial charge in [-0.2, -0.15) is 15.1 Å². The molecule has 0 spiro atoms. The number of aliphatic hydroxyl groups excluding tert-OH is 1. The first-order valence-corrected chi connectivity index (χ1v) is 25.5. The zero-order valence-electron chi connectivity index (χ0n) is 33.3. The molecule has 5 N–H and O–H groups in total. The lowest BCUT2D eigenvalue weighted by Gasteiger charge is -2.41. The van der Waals surface area contributed by atoms with Gasteiger partial charge in [-0.25, -0.2) is 19.3 Å². The van der Waals surface area contributed by atoms with Crippen molar-refractivity contribution in [3.05, 3.63) is 35.3 Å². The van der Waals surface area contributed by atoms with Crippen molar-refractivity contribution < 1.29 is 46.5 Å². The first kappa shape index (κ1) is 45.9. The molecule has 5 rings (SSSR count). The molecule has 10 atom stereocenters. The molecule has 2 aliphatic rings. The van der Waals surface area contributed by atoms with Crippen LogP contribution in [0.2, 0.25) is 18.1 Å². The van der Waals surface area contributed by atoms with Gasteiger partial charge < -0.3 is 28.6 Å². The lowest BCUT2D eigenvalue weighted by molar-refractivity contribution is -0.118. The number of aromatic nitrogens is 6. The van der Waals surface area contributed by atoms with E-state index in [-0.39, 0.29) is 54.6 Å². The summed E-state index contributed by atoms with van der Waals surface area (Å²) >= 11 is 5.96. The molecule has 1 amide bonds. The second-order valence-electron chi connectivity index (χ2n) is 15.9. The predicted octanol–water partition coefficient (Wildman–Crippen LogP) is 4.67. The number of hydrogen-bond donors (Lipinski definition) is 5. The van der Waals surface area contributed by atoms with Crippen LogP contribution < -0.4 is 16.2 Å². The number of amides is 1. The number of nitriles is 1. The smallest absolute Gasteiger partial charge is 0.408 e. The molecule has 3 unspecified atom stereocenters. The minimum absolute atomic E-state index is 0.0157. The highest BCUT2D eigenvalue weighted by Crippen LogP contribution is 2.56. The van der Waals surface area contributed by atoms with Crippen LogP contribution in [-0.4, -0.2) is 110 Å². The Kier molecular flexibility index (Phi) is 15.1. The Balaban J connectivity index is 1.48. The minimum Gasteiger partial charge on any atom is -0.408 e. The van der Waals surface area contributed by atoms with Crippen molar-refractivity contribution in [2.45, 2.75) is 114 Å². The monoisotopic (exact) mass is 886 g/mol. The van der Waals surface area contributed by atoms with Gasteiger partial charge in [0.25, 0.3) is 5.56 Å². The molecule has 19 nitrogen and oxygen atoms in total. The first-order chi connectivity index (χ1) is 27.3. The van der Waals surface area contributed by atoms with Crippen LogP contribution in [0.5, 0.6) is 0 Å². The number of nitrogens with zero attached hydrogens (tertiary/aromatic N) is 6. The van der Waals surface area contributed by atoms with Crippen LogP contribution in [0.3, 0.4) is 0 Å². The summed E-state index contributed by atoms with van der Waals surface area (Å²) < 4.78 is 61.7. The predicted molar refractivity (Wildman–Crippen MR) is 217 cm³/mol. The largest absolute Gasteiger partial charge is 0.512 e. The van der Waals surface area contributed by atoms with Gasteiger partial charge >= 0.3 is 14.7 Å². The van der Waals surface area contributed by atoms with Crippen LogP contribution in [0, 0.1) is 23.2 Å². The van der Waals surface area contributed by atoms with Crippen molar-refractivity contribution in [3.63, 3.8) is 0 Å². The van der Waals surface area contributed by atoms with Crippen LogP contribution in [0.1, 0.15) is 60.1 Å². The molecule has 1 saturated heterocycles. The number of ether oxygens (including phenoxy) is 1. The maximum absolute atomic E-state index is 15.7. The zero-order chi connectivity index (χ0) is 42.6. The SMILES string of the molecule is CC(C)C(=O)Nc1nc2c(ncn2[C@@H]2O[C@H](CO)C(O[Si](C)(C)C(C)(C)C)[C@H]2OP(=S)(OCCC#N)OCC[C@H]2C[C@@H](Nc3ccncn3)[C@@H](F)[C@@H]2[P+](=O)O)c(=O)[nH]1. The summed E-state index contributed by atoms with van der Waals surface area (Å²) in [4.78, 5) is 55.1. The first-order valence-electron chi connectivity index (χ1n) is 18.8. The Labute approximate surface area is 342 Å². The summed E-state index contributed by atoms with van der Waals surface area (Å²) in [7, 11) is -5.58. The summed E-state index contributed by atoms with van der Waals surface area (Å²) in [6, 6.07) is 2.75. The number of fused-ring (bicyclic) bond motifs is 1. The van der Waals surface area contributed by atoms with E-state index in [0.29, 0.717) is 5.82 Å². The number of nitrogens with one attached hydrogen (secondary N) is 3. The lowest BCUT2D eigenvalue weighted by Crippen LogP contribution is -2.50. The van der Waals surface area contributed by atoms with Gasteiger partial charge in [-0.3, -0.25) is 29.0 Å². The zero-order valence-corrected chi connectivity index (χ0v) is 36.9. The third-order valence-electron chi connectivity index (χ3n) is 10.5. The molecule has 1 saturated carbocycles. The van der Waals surface area contributed by atoms with E-state index in [1.165, 1.54) is 23.4 Å². The van der Waals surface area contributed by atoms with Gasteiger partial charge in [0.15, 0.2) is 31.9 Å². The highest BCUT2D eigenvalue weighted by Gasteiger charge is 2.56. The summed E-state index contributed by atoms with van der Waals surface area (Å²) in [5.74, 6) is -1.19. The van der Waals surface area contributed by atoms with Gasteiger partial charge in [-0.05, 0) is 53.4 Å². The lowest BCUT2D eigenvalue weighted by atomic mass is 10.0. The molecule has 0 radical (unpaired) electrons. The second kappa shape index (κ2) is 19.0. The maximum atomic E-state index is 15.7. The van der Waals surface area contributed by atoms with Gasteiger partial charge in [-0.1, -0.05) is 34.6 Å². The number of imidazole rings is 1. The molecule has 2 fully saturated rings. The third kappa shape index (κ3) is 10.6. The number of halogens is 1. The Morgan fingerprint density at radius 3 is 2.62 bits per heavy atom. The molecule has 3 aromatic rings. The Morgan fingerprint density at radius 1 is 1.28 bits per heavy atom. The van der Waals surface area contributed by atoms with Crippen molar-refractivity contribution in [3.8, 4) is 6.07 Å². The number of carbonyl (C=O) groups excluding carboxylic acids is 1. The quantitative estimate of drug-likeness (QED) is 0.0660. The number of anilines is 2. The van der Waals surface area contributed by atoms with E-state index < -0.39 is 95.4 Å². The van der Waals surface area contributed by atoms with Crippen LogP contribution >= 0.6 is 14.7 Å². The molecule has 58 heavy (non-hydrogen) atoms. The van der Waals surface area contributed by atoms with E-state index in [9.17, 15) is 29.4 Å². The average Bonchev–Trinajstić information content (AvgIpc) is 3.81. The Bertz CT molecular complexity index is 2070. The van der Waals surface area contributed by atoms with E-state index in [0.717, 1.165) is 0 Å². The molecule has 1 aliphatic carbocycles. The molecular weight excluding hydrogens is 836 g/mol. The number of aliphatic hydroxyl groups is 1. The number of rotatable bonds is 18. The second-order valence-corrected chi connectivity index (χ2v) is 24.9. The van der Waals surface area contributed by atoms with Crippen LogP contribution in [0.4, 0.5) is 16.2 Å². The fraction of sp³-hybridized carbons (Fsp3) is 0.676. The summed E-state index contributed by atoms with van der Waals surface area (Å²) in [6.45, 7) is 8.71. The Hall–Kier alpha value is -3.19. The molecular formula is C34H51FN9O10P2SSi+. The van der Waals surface area contributed by atoms with Crippen molar-refractivity contribution in [2.24, 2.45) is 11.8 Å². The maximum Gasteiger partial charge on any atom is 0.512 e. The van der Waals surface area contributed by atoms with E-state index in [2.05, 4.69) is 35.6 Å². The molecule has 318 valence electrons. The van der Waals surface area contributed by atoms with Crippen molar-refractivity contribution >= 4 is 63.7 Å². The van der Waals surface area contributed by atoms with Crippen molar-refractivity contribution in [2.75, 3.05) is 30.5 Å². The minimum atomic E-state index is -3.90. The molecule has 0 aromatic carbocycles. The number of alkyl halides is 1. The van der Waals surface area contributed by atoms with Crippen molar-refractivity contribution in [1.29, 1.82) is 5.26 Å². The molecule has 3 aromatic heterocycles. The topological polar surface area (TPSA) is 258 Å². The van der Waals surface area contributed by atoms with Gasteiger partial charge in [0, 0.05) is 18.0 Å². The summed E-state index contributed by atoms with van der Waals surface area (Å²) in [5.41, 5.74) is -1.91. The standard InChI is InChI=1S/C34H50FN9O10P2SSi/c1-19(2)30(46)42-33-41-29-25(31(47)43-33)39-18-44(29)32-27(26(22(16-45)52-32)54-58(6,7)34(3,4)5)53-56(57,50-13-8-11-36)51-14-10-20-15-21(24(35)28(20)55(48)49)40-23-9-12-37-17-38-23/h9,12,17-22,24,26-28,32,45H,8,10,13-16H2,1-7H3,(H3-,37,38,40,41,42,43,46,47,48,49)/p+1/t20-,21+,22+,24+,26?,27+,28+,32+,56?/m0/s1. The highest BCUT2D eigenvalue weighted by atomic mass is 32.5. The number of carbonyl (C=O) groups is 1. The normalized spacial score (nSPS) is 26.4. The van der Waals surface area contributed by atoms with Gasteiger partial charge in [0.05, 0.1) is 44.7 Å². The van der Waals surface area contributed by atoms with E-state index in [4.69, 9.17) is 34.5 Å². The summed E-state index contributed by atoms with van der Waals surface area (Å²) in [5, 5.41) is 25.3. The fourth-order valence-electron chi connectivity index (χ4n) is 6.44. The van der Waals surface area contributed by atoms with E-state index in [1.807, 2.05) is 39.9 Å². The molecule has 1 aliphatic heterocycles. The van der Waals surface area contributed by atoms with Gasteiger partial charge in [0.2, 0.25) is 17.5 Å². The molecule has 0 bridgehead atoms. The van der Waals surface area contributed by atoms with Crippen LogP contribution in [0.15, 0.2) is 29.7 Å². The number of hydrogen-bond acceptors (Lipinski definition) is 16. The average molecular weight is 887 g/mol. The molecule has 4 heterocycles. The van der Waals surface area contributed by atoms with Crippen molar-refractivity contribution in [1.82, 2.24) is 29.5 Å². The van der Waals surface area contributed by atoms with Gasteiger partial charge in [0.1, 0.15) is 30.5 Å². The third-order valence-corrected chi connectivity index (χ3v) is 18.6. The van der Waals surface area contributed by atoms with Crippen LogP contribution in [-0.2, 0) is 43.9 Å². The summed E-state index contributed by atoms with van der Waals surface area (Å²) in [6.07, 6.45) is -1.75. The highest BCUT2D eigenvalue weighted by molar-refractivity contribution is 8.07. The van der Waals surface area contributed by atoms with E-state index >= 15 is 4.39 Å². The fourth-order valence-corrected chi connectivity index (χ4v) is 10.9. The Morgan fingerprint density at radius 2 is 2.00 bits per heavy atom.